The Bertz CT molecular complexity index is 896. The Kier molecular flexibility index (Phi) is 8.87. The van der Waals surface area contributed by atoms with Gasteiger partial charge in [-0.2, -0.15) is 0 Å². The van der Waals surface area contributed by atoms with E-state index in [1.54, 1.807) is 55.6 Å². The largest absolute Gasteiger partial charge is 0.497 e. The Morgan fingerprint density at radius 1 is 0.935 bits per heavy atom. The number of benzene rings is 2. The molecule has 3 amide bonds. The standard InChI is InChI=1S/C23H29N3O5/c1-16(2)14-26(23(29)17-6-5-7-20(12-17)31-4)15-22(28)24-13-21(27)25-18-8-10-19(30-3)11-9-18/h5-12,16H,13-15H2,1-4H3,(H,24,28)(H,25,27). The van der Waals surface area contributed by atoms with Crippen LogP contribution in [0.3, 0.4) is 0 Å². The lowest BCUT2D eigenvalue weighted by Crippen LogP contribution is -2.44. The van der Waals surface area contributed by atoms with Crippen LogP contribution >= 0.6 is 0 Å². The van der Waals surface area contributed by atoms with Gasteiger partial charge in [-0.3, -0.25) is 14.4 Å². The van der Waals surface area contributed by atoms with Gasteiger partial charge in [0, 0.05) is 17.8 Å². The Hall–Kier alpha value is -3.55. The Morgan fingerprint density at radius 2 is 1.61 bits per heavy atom. The topological polar surface area (TPSA) is 97.0 Å². The molecule has 166 valence electrons. The van der Waals surface area contributed by atoms with Gasteiger partial charge in [0.15, 0.2) is 0 Å². The summed E-state index contributed by atoms with van der Waals surface area (Å²) >= 11 is 0. The maximum atomic E-state index is 12.9. The summed E-state index contributed by atoms with van der Waals surface area (Å²) in [5.41, 5.74) is 1.03. The zero-order chi connectivity index (χ0) is 22.8. The van der Waals surface area contributed by atoms with E-state index in [9.17, 15) is 14.4 Å². The molecule has 0 spiro atoms. The molecule has 0 fully saturated rings. The lowest BCUT2D eigenvalue weighted by molar-refractivity contribution is -0.124. The number of rotatable bonds is 10. The summed E-state index contributed by atoms with van der Waals surface area (Å²) in [5, 5.41) is 5.26. The number of carbonyl (C=O) groups excluding carboxylic acids is 3. The summed E-state index contributed by atoms with van der Waals surface area (Å²) in [6.07, 6.45) is 0. The number of hydrogen-bond acceptors (Lipinski definition) is 5. The predicted octanol–water partition coefficient (Wildman–Crippen LogP) is 2.56. The Balaban J connectivity index is 1.93. The molecule has 0 saturated heterocycles. The molecular weight excluding hydrogens is 398 g/mol. The number of nitrogens with zero attached hydrogens (tertiary/aromatic N) is 1. The van der Waals surface area contributed by atoms with Crippen molar-refractivity contribution in [2.45, 2.75) is 13.8 Å². The average molecular weight is 428 g/mol. The maximum Gasteiger partial charge on any atom is 0.254 e. The van der Waals surface area contributed by atoms with Crippen LogP contribution in [0.25, 0.3) is 0 Å². The van der Waals surface area contributed by atoms with Gasteiger partial charge in [-0.25, -0.2) is 0 Å². The molecule has 2 aromatic rings. The highest BCUT2D eigenvalue weighted by Crippen LogP contribution is 2.16. The third-order valence-corrected chi connectivity index (χ3v) is 4.34. The van der Waals surface area contributed by atoms with Crippen molar-refractivity contribution in [2.75, 3.05) is 39.2 Å². The lowest BCUT2D eigenvalue weighted by atomic mass is 10.1. The first-order valence-electron chi connectivity index (χ1n) is 9.96. The van der Waals surface area contributed by atoms with Gasteiger partial charge in [0.05, 0.1) is 27.3 Å². The third kappa shape index (κ3) is 7.65. The molecule has 2 N–H and O–H groups in total. The summed E-state index contributed by atoms with van der Waals surface area (Å²) in [4.78, 5) is 38.9. The number of amides is 3. The first kappa shape index (κ1) is 23.7. The van der Waals surface area contributed by atoms with Crippen LogP contribution in [0.15, 0.2) is 48.5 Å². The SMILES string of the molecule is COc1ccc(NC(=O)CNC(=O)CN(CC(C)C)C(=O)c2cccc(OC)c2)cc1. The van der Waals surface area contributed by atoms with Gasteiger partial charge in [-0.1, -0.05) is 19.9 Å². The van der Waals surface area contributed by atoms with E-state index in [1.165, 1.54) is 12.0 Å². The van der Waals surface area contributed by atoms with E-state index < -0.39 is 5.91 Å². The van der Waals surface area contributed by atoms with Crippen molar-refractivity contribution in [3.8, 4) is 11.5 Å². The van der Waals surface area contributed by atoms with Crippen molar-refractivity contribution in [1.29, 1.82) is 0 Å². The van der Waals surface area contributed by atoms with E-state index in [-0.39, 0.29) is 30.8 Å². The number of nitrogens with one attached hydrogen (secondary N) is 2. The second-order valence-electron chi connectivity index (χ2n) is 7.36. The van der Waals surface area contributed by atoms with Gasteiger partial charge in [-0.15, -0.1) is 0 Å². The summed E-state index contributed by atoms with van der Waals surface area (Å²) in [7, 11) is 3.09. The van der Waals surface area contributed by atoms with Crippen LogP contribution in [-0.4, -0.2) is 56.5 Å². The molecule has 0 radical (unpaired) electrons. The van der Waals surface area contributed by atoms with Crippen LogP contribution in [0.1, 0.15) is 24.2 Å². The van der Waals surface area contributed by atoms with Gasteiger partial charge in [-0.05, 0) is 48.4 Å². The third-order valence-electron chi connectivity index (χ3n) is 4.34. The summed E-state index contributed by atoms with van der Waals surface area (Å²) in [5.74, 6) is 0.355. The molecule has 31 heavy (non-hydrogen) atoms. The molecule has 0 aliphatic rings. The molecule has 8 heteroatoms. The molecular formula is C23H29N3O5. The minimum atomic E-state index is -0.415. The van der Waals surface area contributed by atoms with E-state index in [4.69, 9.17) is 9.47 Å². The van der Waals surface area contributed by atoms with Crippen LogP contribution in [0, 0.1) is 5.92 Å². The van der Waals surface area contributed by atoms with Crippen molar-refractivity contribution in [1.82, 2.24) is 10.2 Å². The van der Waals surface area contributed by atoms with Crippen molar-refractivity contribution in [3.05, 3.63) is 54.1 Å². The lowest BCUT2D eigenvalue weighted by Gasteiger charge is -2.24. The van der Waals surface area contributed by atoms with Crippen LogP contribution < -0.4 is 20.1 Å². The maximum absolute atomic E-state index is 12.9. The molecule has 8 nitrogen and oxygen atoms in total. The van der Waals surface area contributed by atoms with Gasteiger partial charge in [0.1, 0.15) is 11.5 Å². The molecule has 0 aromatic heterocycles. The zero-order valence-electron chi connectivity index (χ0n) is 18.3. The highest BCUT2D eigenvalue weighted by atomic mass is 16.5. The molecule has 0 heterocycles. The molecule has 2 aromatic carbocycles. The first-order chi connectivity index (χ1) is 14.8. The summed E-state index contributed by atoms with van der Waals surface area (Å²) in [6, 6.07) is 13.6. The van der Waals surface area contributed by atoms with E-state index >= 15 is 0 Å². The highest BCUT2D eigenvalue weighted by molar-refractivity contribution is 5.98. The molecule has 0 aliphatic heterocycles. The quantitative estimate of drug-likeness (QED) is 0.607. The van der Waals surface area contributed by atoms with E-state index in [1.807, 2.05) is 13.8 Å². The van der Waals surface area contributed by atoms with E-state index in [0.29, 0.717) is 29.3 Å². The predicted molar refractivity (Wildman–Crippen MR) is 118 cm³/mol. The second-order valence-corrected chi connectivity index (χ2v) is 7.36. The number of carbonyl (C=O) groups is 3. The van der Waals surface area contributed by atoms with Crippen molar-refractivity contribution in [2.24, 2.45) is 5.92 Å². The van der Waals surface area contributed by atoms with Gasteiger partial charge in [0.2, 0.25) is 11.8 Å². The summed E-state index contributed by atoms with van der Waals surface area (Å²) in [6.45, 7) is 3.98. The molecule has 0 unspecified atom stereocenters. The van der Waals surface area contributed by atoms with Gasteiger partial charge < -0.3 is 25.0 Å². The first-order valence-corrected chi connectivity index (χ1v) is 9.96. The minimum absolute atomic E-state index is 0.149. The average Bonchev–Trinajstić information content (AvgIpc) is 2.77. The van der Waals surface area contributed by atoms with Crippen molar-refractivity contribution >= 4 is 23.4 Å². The van der Waals surface area contributed by atoms with Gasteiger partial charge in [0.25, 0.3) is 5.91 Å². The van der Waals surface area contributed by atoms with Gasteiger partial charge >= 0.3 is 0 Å². The monoisotopic (exact) mass is 427 g/mol. The fourth-order valence-electron chi connectivity index (χ4n) is 2.89. The van der Waals surface area contributed by atoms with Crippen molar-refractivity contribution < 1.29 is 23.9 Å². The van der Waals surface area contributed by atoms with Crippen LogP contribution in [0.2, 0.25) is 0 Å². The Morgan fingerprint density at radius 3 is 2.23 bits per heavy atom. The number of hydrogen-bond donors (Lipinski definition) is 2. The molecule has 0 bridgehead atoms. The normalized spacial score (nSPS) is 10.4. The molecule has 0 atom stereocenters. The molecule has 0 saturated carbocycles. The molecule has 0 aliphatic carbocycles. The van der Waals surface area contributed by atoms with Crippen molar-refractivity contribution in [3.63, 3.8) is 0 Å². The zero-order valence-corrected chi connectivity index (χ0v) is 18.3. The second kappa shape index (κ2) is 11.6. The van der Waals surface area contributed by atoms with E-state index in [2.05, 4.69) is 10.6 Å². The smallest absolute Gasteiger partial charge is 0.254 e. The minimum Gasteiger partial charge on any atom is -0.497 e. The number of ether oxygens (including phenoxy) is 2. The summed E-state index contributed by atoms with van der Waals surface area (Å²) < 4.78 is 10.2. The van der Waals surface area contributed by atoms with Crippen LogP contribution in [0.4, 0.5) is 5.69 Å². The van der Waals surface area contributed by atoms with Crippen LogP contribution in [0.5, 0.6) is 11.5 Å². The fraction of sp³-hybridized carbons (Fsp3) is 0.348. The Labute approximate surface area is 182 Å². The number of methoxy groups -OCH3 is 2. The van der Waals surface area contributed by atoms with Crippen LogP contribution in [-0.2, 0) is 9.59 Å². The fourth-order valence-corrected chi connectivity index (χ4v) is 2.89. The van der Waals surface area contributed by atoms with E-state index in [0.717, 1.165) is 0 Å². The molecule has 2 rings (SSSR count). The number of anilines is 1. The highest BCUT2D eigenvalue weighted by Gasteiger charge is 2.20.